The minimum atomic E-state index is -0.171. The zero-order chi connectivity index (χ0) is 25.2. The van der Waals surface area contributed by atoms with Gasteiger partial charge in [0.05, 0.1) is 17.2 Å². The van der Waals surface area contributed by atoms with E-state index in [-0.39, 0.29) is 11.6 Å². The molecule has 2 aliphatic heterocycles. The minimum absolute atomic E-state index is 0.127. The Morgan fingerprint density at radius 3 is 2.70 bits per heavy atom. The van der Waals surface area contributed by atoms with Crippen molar-refractivity contribution in [2.75, 3.05) is 25.0 Å². The molecule has 3 aromatic carbocycles. The maximum Gasteiger partial charge on any atom is 0.321 e. The Morgan fingerprint density at radius 1 is 1.05 bits per heavy atom. The molecule has 0 saturated carbocycles. The second kappa shape index (κ2) is 9.64. The predicted molar refractivity (Wildman–Crippen MR) is 143 cm³/mol. The van der Waals surface area contributed by atoms with E-state index in [0.29, 0.717) is 30.9 Å². The SMILES string of the molecule is N#Cc1cccc(NC(=O)N2CCC3(CC2)NCCc2c3[nH]c3ccc(OCc4ccccc4)cc23)c1. The molecule has 37 heavy (non-hydrogen) atoms. The Bertz CT molecular complexity index is 1480. The summed E-state index contributed by atoms with van der Waals surface area (Å²) in [5.74, 6) is 0.873. The van der Waals surface area contributed by atoms with E-state index < -0.39 is 0 Å². The number of aromatic nitrogens is 1. The molecule has 6 rings (SSSR count). The maximum atomic E-state index is 12.9. The van der Waals surface area contributed by atoms with Crippen LogP contribution in [0.1, 0.15) is 35.2 Å². The van der Waals surface area contributed by atoms with E-state index in [1.165, 1.54) is 16.6 Å². The molecule has 0 bridgehead atoms. The number of anilines is 1. The van der Waals surface area contributed by atoms with E-state index in [9.17, 15) is 4.79 Å². The Hall–Kier alpha value is -4.28. The van der Waals surface area contributed by atoms with Crippen LogP contribution in [0.2, 0.25) is 0 Å². The fourth-order valence-electron chi connectivity index (χ4n) is 5.63. The number of nitrogens with zero attached hydrogens (tertiary/aromatic N) is 2. The van der Waals surface area contributed by atoms with Crippen molar-refractivity contribution >= 4 is 22.6 Å². The largest absolute Gasteiger partial charge is 0.489 e. The second-order valence-corrected chi connectivity index (χ2v) is 9.83. The zero-order valence-electron chi connectivity index (χ0n) is 20.6. The van der Waals surface area contributed by atoms with E-state index in [1.54, 1.807) is 24.3 Å². The molecular weight excluding hydrogens is 462 g/mol. The van der Waals surface area contributed by atoms with Gasteiger partial charge >= 0.3 is 6.03 Å². The van der Waals surface area contributed by atoms with Crippen LogP contribution in [0.4, 0.5) is 10.5 Å². The first-order valence-corrected chi connectivity index (χ1v) is 12.8. The highest BCUT2D eigenvalue weighted by Gasteiger charge is 2.42. The molecular formula is C30H29N5O2. The summed E-state index contributed by atoms with van der Waals surface area (Å²) < 4.78 is 6.10. The molecule has 0 radical (unpaired) electrons. The molecule has 1 fully saturated rings. The number of aromatic amines is 1. The number of likely N-dealkylation sites (tertiary alicyclic amines) is 1. The number of fused-ring (bicyclic) bond motifs is 4. The van der Waals surface area contributed by atoms with Crippen LogP contribution in [-0.2, 0) is 18.6 Å². The highest BCUT2D eigenvalue weighted by atomic mass is 16.5. The van der Waals surface area contributed by atoms with Crippen molar-refractivity contribution in [1.82, 2.24) is 15.2 Å². The number of amides is 2. The molecule has 7 nitrogen and oxygen atoms in total. The summed E-state index contributed by atoms with van der Waals surface area (Å²) in [6.45, 7) is 2.75. The number of hydrogen-bond donors (Lipinski definition) is 3. The number of piperidine rings is 1. The second-order valence-electron chi connectivity index (χ2n) is 9.83. The number of nitriles is 1. The first-order valence-electron chi connectivity index (χ1n) is 12.8. The number of hydrogen-bond acceptors (Lipinski definition) is 4. The summed E-state index contributed by atoms with van der Waals surface area (Å²) in [6.07, 6.45) is 2.62. The lowest BCUT2D eigenvalue weighted by molar-refractivity contribution is 0.142. The smallest absolute Gasteiger partial charge is 0.321 e. The van der Waals surface area contributed by atoms with Gasteiger partial charge in [-0.25, -0.2) is 4.79 Å². The molecule has 1 saturated heterocycles. The molecule has 1 aromatic heterocycles. The van der Waals surface area contributed by atoms with Crippen LogP contribution in [0, 0.1) is 11.3 Å². The van der Waals surface area contributed by atoms with Crippen molar-refractivity contribution in [1.29, 1.82) is 5.26 Å². The molecule has 0 aliphatic carbocycles. The van der Waals surface area contributed by atoms with Gasteiger partial charge in [0.15, 0.2) is 0 Å². The van der Waals surface area contributed by atoms with E-state index in [1.807, 2.05) is 29.2 Å². The third-order valence-electron chi connectivity index (χ3n) is 7.59. The Kier molecular flexibility index (Phi) is 6.03. The number of urea groups is 1. The summed E-state index contributed by atoms with van der Waals surface area (Å²) >= 11 is 0. The van der Waals surface area contributed by atoms with E-state index in [0.717, 1.165) is 42.6 Å². The van der Waals surface area contributed by atoms with E-state index in [4.69, 9.17) is 10.00 Å². The van der Waals surface area contributed by atoms with Crippen molar-refractivity contribution < 1.29 is 9.53 Å². The fourth-order valence-corrected chi connectivity index (χ4v) is 5.63. The molecule has 7 heteroatoms. The average Bonchev–Trinajstić information content (AvgIpc) is 3.32. The number of H-pyrrole nitrogens is 1. The highest BCUT2D eigenvalue weighted by molar-refractivity contribution is 5.90. The molecule has 0 atom stereocenters. The average molecular weight is 492 g/mol. The summed E-state index contributed by atoms with van der Waals surface area (Å²) in [5.41, 5.74) is 5.87. The van der Waals surface area contributed by atoms with Crippen LogP contribution in [0.5, 0.6) is 5.75 Å². The van der Waals surface area contributed by atoms with Gasteiger partial charge in [0.25, 0.3) is 0 Å². The van der Waals surface area contributed by atoms with Crippen LogP contribution >= 0.6 is 0 Å². The Morgan fingerprint density at radius 2 is 1.89 bits per heavy atom. The van der Waals surface area contributed by atoms with Gasteiger partial charge in [-0.15, -0.1) is 0 Å². The van der Waals surface area contributed by atoms with E-state index >= 15 is 0 Å². The van der Waals surface area contributed by atoms with Crippen molar-refractivity contribution in [3.63, 3.8) is 0 Å². The topological polar surface area (TPSA) is 93.2 Å². The van der Waals surface area contributed by atoms with Crippen molar-refractivity contribution in [2.24, 2.45) is 0 Å². The van der Waals surface area contributed by atoms with Crippen molar-refractivity contribution in [3.05, 3.63) is 95.2 Å². The monoisotopic (exact) mass is 491 g/mol. The normalized spacial score (nSPS) is 16.2. The van der Waals surface area contributed by atoms with Gasteiger partial charge in [-0.05, 0) is 66.8 Å². The van der Waals surface area contributed by atoms with Gasteiger partial charge < -0.3 is 25.3 Å². The standard InChI is InChI=1S/C30H29N5O2/c31-19-22-7-4-8-23(17-22)33-29(36)35-15-12-30(13-16-35)28-25(11-14-32-30)26-18-24(9-10-27(26)34-28)37-20-21-5-2-1-3-6-21/h1-10,17-18,32,34H,11-16,20H2,(H,33,36). The number of nitrogens with one attached hydrogen (secondary N) is 3. The lowest BCUT2D eigenvalue weighted by Gasteiger charge is -2.44. The lowest BCUT2D eigenvalue weighted by atomic mass is 9.79. The Balaban J connectivity index is 1.17. The van der Waals surface area contributed by atoms with Gasteiger partial charge in [0.1, 0.15) is 12.4 Å². The third-order valence-corrected chi connectivity index (χ3v) is 7.59. The number of ether oxygens (including phenoxy) is 1. The molecule has 2 aliphatic rings. The van der Waals surface area contributed by atoms with Gasteiger partial charge in [0.2, 0.25) is 0 Å². The lowest BCUT2D eigenvalue weighted by Crippen LogP contribution is -2.55. The van der Waals surface area contributed by atoms with Crippen molar-refractivity contribution in [3.8, 4) is 11.8 Å². The van der Waals surface area contributed by atoms with Crippen LogP contribution < -0.4 is 15.4 Å². The number of carbonyl (C=O) groups is 1. The van der Waals surface area contributed by atoms with Crippen LogP contribution in [0.3, 0.4) is 0 Å². The zero-order valence-corrected chi connectivity index (χ0v) is 20.6. The van der Waals surface area contributed by atoms with E-state index in [2.05, 4.69) is 46.0 Å². The van der Waals surface area contributed by atoms with Gasteiger partial charge in [0, 0.05) is 41.9 Å². The third kappa shape index (κ3) is 4.52. The summed E-state index contributed by atoms with van der Waals surface area (Å²) in [5, 5.41) is 17.1. The van der Waals surface area contributed by atoms with Crippen LogP contribution in [0.25, 0.3) is 10.9 Å². The maximum absolute atomic E-state index is 12.9. The number of benzene rings is 3. The molecule has 186 valence electrons. The number of rotatable bonds is 4. The van der Waals surface area contributed by atoms with Crippen LogP contribution in [-0.4, -0.2) is 35.5 Å². The Labute approximate surface area is 216 Å². The summed E-state index contributed by atoms with van der Waals surface area (Å²) in [4.78, 5) is 18.5. The quantitative estimate of drug-likeness (QED) is 0.362. The number of carbonyl (C=O) groups excluding carboxylic acids is 1. The summed E-state index contributed by atoms with van der Waals surface area (Å²) in [7, 11) is 0. The fraction of sp³-hybridized carbons (Fsp3) is 0.267. The first kappa shape index (κ1) is 23.1. The van der Waals surface area contributed by atoms with Gasteiger partial charge in [-0.2, -0.15) is 5.26 Å². The van der Waals surface area contributed by atoms with Gasteiger partial charge in [-0.3, -0.25) is 0 Å². The minimum Gasteiger partial charge on any atom is -0.489 e. The van der Waals surface area contributed by atoms with Crippen LogP contribution in [0.15, 0.2) is 72.8 Å². The first-order chi connectivity index (χ1) is 18.1. The molecule has 4 aromatic rings. The molecule has 3 heterocycles. The molecule has 1 spiro atoms. The highest BCUT2D eigenvalue weighted by Crippen LogP contribution is 2.41. The predicted octanol–water partition coefficient (Wildman–Crippen LogP) is 5.29. The molecule has 0 unspecified atom stereocenters. The van der Waals surface area contributed by atoms with Gasteiger partial charge in [-0.1, -0.05) is 36.4 Å². The van der Waals surface area contributed by atoms with Crippen molar-refractivity contribution in [2.45, 2.75) is 31.4 Å². The molecule has 2 amide bonds. The molecule has 3 N–H and O–H groups in total. The summed E-state index contributed by atoms with van der Waals surface area (Å²) in [6, 6.07) is 25.5.